The van der Waals surface area contributed by atoms with Crippen LogP contribution in [0.2, 0.25) is 10.0 Å². The largest absolute Gasteiger partial charge is 0.482 e. The predicted octanol–water partition coefficient (Wildman–Crippen LogP) is 5.60. The second kappa shape index (κ2) is 11.1. The van der Waals surface area contributed by atoms with Gasteiger partial charge in [0.15, 0.2) is 6.61 Å². The zero-order valence-electron chi connectivity index (χ0n) is 20.7. The van der Waals surface area contributed by atoms with E-state index in [0.29, 0.717) is 16.3 Å². The number of carbonyl (C=O) groups excluding carboxylic acids is 4. The molecule has 0 bridgehead atoms. The average molecular weight is 552 g/mol. The van der Waals surface area contributed by atoms with E-state index in [1.54, 1.807) is 31.2 Å². The molecule has 0 aliphatic carbocycles. The molecule has 1 aliphatic heterocycles. The summed E-state index contributed by atoms with van der Waals surface area (Å²) in [6, 6.07) is 14.0. The van der Waals surface area contributed by atoms with Crippen molar-refractivity contribution in [2.75, 3.05) is 16.8 Å². The van der Waals surface area contributed by atoms with Gasteiger partial charge >= 0.3 is 6.03 Å². The number of benzene rings is 3. The molecule has 38 heavy (non-hydrogen) atoms. The van der Waals surface area contributed by atoms with Crippen LogP contribution in [-0.2, 0) is 14.4 Å². The van der Waals surface area contributed by atoms with E-state index in [1.165, 1.54) is 24.3 Å². The summed E-state index contributed by atoms with van der Waals surface area (Å²) in [5, 5.41) is 5.51. The van der Waals surface area contributed by atoms with Gasteiger partial charge in [-0.3, -0.25) is 19.7 Å². The maximum Gasteiger partial charge on any atom is 0.335 e. The Balaban J connectivity index is 1.49. The number of barbiturate groups is 1. The molecule has 194 valence electrons. The van der Waals surface area contributed by atoms with E-state index >= 15 is 0 Å². The molecular weight excluding hydrogens is 529 g/mol. The van der Waals surface area contributed by atoms with Crippen LogP contribution in [0.4, 0.5) is 16.2 Å². The summed E-state index contributed by atoms with van der Waals surface area (Å²) in [5.41, 5.74) is 3.85. The Bertz CT molecular complexity index is 1520. The van der Waals surface area contributed by atoms with E-state index in [2.05, 4.69) is 10.6 Å². The van der Waals surface area contributed by atoms with Crippen LogP contribution >= 0.6 is 23.2 Å². The quantitative estimate of drug-likeness (QED) is 0.306. The van der Waals surface area contributed by atoms with E-state index in [1.807, 2.05) is 26.0 Å². The number of hydrogen-bond acceptors (Lipinski definition) is 5. The van der Waals surface area contributed by atoms with Gasteiger partial charge in [-0.15, -0.1) is 0 Å². The topological polar surface area (TPSA) is 105 Å². The second-order valence-electron chi connectivity index (χ2n) is 8.67. The summed E-state index contributed by atoms with van der Waals surface area (Å²) >= 11 is 12.5. The Morgan fingerprint density at radius 3 is 2.45 bits per heavy atom. The van der Waals surface area contributed by atoms with Crippen LogP contribution in [0.5, 0.6) is 5.75 Å². The fourth-order valence-corrected chi connectivity index (χ4v) is 4.14. The second-order valence-corrected chi connectivity index (χ2v) is 9.48. The van der Waals surface area contributed by atoms with Gasteiger partial charge in [-0.05, 0) is 79.4 Å². The van der Waals surface area contributed by atoms with Crippen LogP contribution in [0, 0.1) is 20.8 Å². The number of nitrogens with zero attached hydrogens (tertiary/aromatic N) is 1. The molecule has 5 amide bonds. The Kier molecular flexibility index (Phi) is 7.85. The van der Waals surface area contributed by atoms with Crippen molar-refractivity contribution in [2.24, 2.45) is 0 Å². The minimum Gasteiger partial charge on any atom is -0.482 e. The van der Waals surface area contributed by atoms with Gasteiger partial charge in [0.05, 0.1) is 10.7 Å². The van der Waals surface area contributed by atoms with E-state index in [9.17, 15) is 19.2 Å². The highest BCUT2D eigenvalue weighted by molar-refractivity contribution is 6.39. The molecule has 4 rings (SSSR count). The van der Waals surface area contributed by atoms with Crippen molar-refractivity contribution in [3.05, 3.63) is 92.5 Å². The van der Waals surface area contributed by atoms with Gasteiger partial charge in [-0.25, -0.2) is 9.69 Å². The highest BCUT2D eigenvalue weighted by Crippen LogP contribution is 2.29. The summed E-state index contributed by atoms with van der Waals surface area (Å²) in [6.45, 7) is 5.38. The van der Waals surface area contributed by atoms with E-state index in [4.69, 9.17) is 27.9 Å². The number of imide groups is 2. The van der Waals surface area contributed by atoms with Crippen molar-refractivity contribution in [2.45, 2.75) is 20.8 Å². The lowest BCUT2D eigenvalue weighted by molar-refractivity contribution is -0.122. The molecular formula is C28H23Cl2N3O5. The fraction of sp³-hybridized carbons (Fsp3) is 0.143. The summed E-state index contributed by atoms with van der Waals surface area (Å²) in [6.07, 6.45) is 1.32. The van der Waals surface area contributed by atoms with Crippen LogP contribution in [0.15, 0.2) is 60.2 Å². The number of anilines is 2. The number of halogens is 2. The third-order valence-corrected chi connectivity index (χ3v) is 6.72. The maximum atomic E-state index is 13.1. The minimum atomic E-state index is -0.877. The Morgan fingerprint density at radius 2 is 1.74 bits per heavy atom. The normalized spacial score (nSPS) is 14.5. The van der Waals surface area contributed by atoms with Crippen molar-refractivity contribution in [1.82, 2.24) is 5.32 Å². The van der Waals surface area contributed by atoms with E-state index in [0.717, 1.165) is 21.6 Å². The number of ether oxygens (including phenoxy) is 1. The molecule has 0 unspecified atom stereocenters. The molecule has 1 fully saturated rings. The van der Waals surface area contributed by atoms with Crippen molar-refractivity contribution < 1.29 is 23.9 Å². The van der Waals surface area contributed by atoms with E-state index in [-0.39, 0.29) is 34.5 Å². The van der Waals surface area contributed by atoms with Crippen LogP contribution in [0.25, 0.3) is 6.08 Å². The van der Waals surface area contributed by atoms with Crippen molar-refractivity contribution in [1.29, 1.82) is 0 Å². The maximum absolute atomic E-state index is 13.1. The number of carbonyl (C=O) groups is 4. The van der Waals surface area contributed by atoms with Crippen LogP contribution in [0.3, 0.4) is 0 Å². The number of nitrogens with one attached hydrogen (secondary N) is 2. The average Bonchev–Trinajstić information content (AvgIpc) is 2.86. The third kappa shape index (κ3) is 5.72. The molecule has 0 saturated carbocycles. The molecule has 1 saturated heterocycles. The lowest BCUT2D eigenvalue weighted by Crippen LogP contribution is -2.54. The molecule has 10 heteroatoms. The first-order valence-corrected chi connectivity index (χ1v) is 12.3. The molecule has 2 N–H and O–H groups in total. The zero-order valence-corrected chi connectivity index (χ0v) is 22.2. The first-order chi connectivity index (χ1) is 18.0. The monoisotopic (exact) mass is 551 g/mol. The summed E-state index contributed by atoms with van der Waals surface area (Å²) in [5.74, 6) is -1.76. The first-order valence-electron chi connectivity index (χ1n) is 11.5. The minimum absolute atomic E-state index is 0.167. The van der Waals surface area contributed by atoms with Gasteiger partial charge in [0.2, 0.25) is 0 Å². The summed E-state index contributed by atoms with van der Waals surface area (Å²) in [7, 11) is 0. The van der Waals surface area contributed by atoms with Gasteiger partial charge in [0.1, 0.15) is 11.3 Å². The lowest BCUT2D eigenvalue weighted by atomic mass is 10.1. The van der Waals surface area contributed by atoms with Crippen LogP contribution in [-0.4, -0.2) is 30.4 Å². The molecule has 1 heterocycles. The van der Waals surface area contributed by atoms with Gasteiger partial charge in [-0.1, -0.05) is 47.5 Å². The summed E-state index contributed by atoms with van der Waals surface area (Å²) < 4.78 is 5.56. The molecule has 0 spiro atoms. The Labute approximate surface area is 229 Å². The highest BCUT2D eigenvalue weighted by Gasteiger charge is 2.37. The van der Waals surface area contributed by atoms with Crippen molar-refractivity contribution in [3.63, 3.8) is 0 Å². The Hall–Kier alpha value is -4.14. The van der Waals surface area contributed by atoms with Crippen molar-refractivity contribution in [3.8, 4) is 5.75 Å². The number of aryl methyl sites for hydroxylation is 2. The molecule has 3 aromatic rings. The molecule has 0 atom stereocenters. The third-order valence-electron chi connectivity index (χ3n) is 6.02. The summed E-state index contributed by atoms with van der Waals surface area (Å²) in [4.78, 5) is 51.2. The number of urea groups is 1. The standard InChI is InChI=1S/C28H23Cl2N3O5/c1-15-5-4-6-23(17(15)3)31-25(34)14-38-24-10-8-18(12-22(24)30)11-20-26(35)32-28(37)33(27(20)36)19-9-7-16(2)21(29)13-19/h4-13H,14H2,1-3H3,(H,31,34)(H,32,35,37)/b20-11+. The van der Waals surface area contributed by atoms with Crippen LogP contribution < -0.4 is 20.3 Å². The van der Waals surface area contributed by atoms with Crippen molar-refractivity contribution >= 4 is 64.4 Å². The van der Waals surface area contributed by atoms with Gasteiger partial charge in [-0.2, -0.15) is 0 Å². The number of rotatable bonds is 6. The highest BCUT2D eigenvalue weighted by atomic mass is 35.5. The van der Waals surface area contributed by atoms with Gasteiger partial charge in [0, 0.05) is 10.7 Å². The number of amides is 5. The number of hydrogen-bond donors (Lipinski definition) is 2. The van der Waals surface area contributed by atoms with Crippen LogP contribution in [0.1, 0.15) is 22.3 Å². The molecule has 0 radical (unpaired) electrons. The SMILES string of the molecule is Cc1ccc(N2C(=O)NC(=O)/C(=C\c3ccc(OCC(=O)Nc4cccc(C)c4C)c(Cl)c3)C2=O)cc1Cl. The smallest absolute Gasteiger partial charge is 0.335 e. The lowest BCUT2D eigenvalue weighted by Gasteiger charge is -2.26. The molecule has 1 aliphatic rings. The zero-order chi connectivity index (χ0) is 27.6. The van der Waals surface area contributed by atoms with Gasteiger partial charge in [0.25, 0.3) is 17.7 Å². The fourth-order valence-electron chi connectivity index (χ4n) is 3.72. The predicted molar refractivity (Wildman–Crippen MR) is 147 cm³/mol. The van der Waals surface area contributed by atoms with Gasteiger partial charge < -0.3 is 10.1 Å². The first kappa shape index (κ1) is 26.9. The van der Waals surface area contributed by atoms with E-state index < -0.39 is 17.8 Å². The molecule has 0 aromatic heterocycles. The molecule has 3 aromatic carbocycles. The molecule has 8 nitrogen and oxygen atoms in total. The Morgan fingerprint density at radius 1 is 0.974 bits per heavy atom.